The number of amides is 2. The zero-order chi connectivity index (χ0) is 16.2. The molecule has 1 unspecified atom stereocenters. The summed E-state index contributed by atoms with van der Waals surface area (Å²) < 4.78 is 4.86. The van der Waals surface area contributed by atoms with Gasteiger partial charge in [0.15, 0.2) is 5.13 Å². The molecular weight excluding hydrogens is 314 g/mol. The Labute approximate surface area is 139 Å². The van der Waals surface area contributed by atoms with Crippen molar-refractivity contribution in [3.8, 4) is 0 Å². The van der Waals surface area contributed by atoms with Gasteiger partial charge in [-0.2, -0.15) is 0 Å². The van der Waals surface area contributed by atoms with Crippen LogP contribution in [0, 0.1) is 5.92 Å². The Bertz CT molecular complexity index is 626. The van der Waals surface area contributed by atoms with Crippen molar-refractivity contribution in [1.82, 2.24) is 9.88 Å². The van der Waals surface area contributed by atoms with Crippen molar-refractivity contribution in [2.75, 3.05) is 18.5 Å². The lowest BCUT2D eigenvalue weighted by Gasteiger charge is -2.30. The molecule has 1 aliphatic heterocycles. The lowest BCUT2D eigenvalue weighted by Crippen LogP contribution is -2.39. The smallest absolute Gasteiger partial charge is 0.413 e. The van der Waals surface area contributed by atoms with Gasteiger partial charge in [-0.15, -0.1) is 0 Å². The van der Waals surface area contributed by atoms with Crippen LogP contribution >= 0.6 is 11.3 Å². The van der Waals surface area contributed by atoms with Gasteiger partial charge in [-0.05, 0) is 26.2 Å². The first-order valence-electron chi connectivity index (χ1n) is 8.03. The van der Waals surface area contributed by atoms with Gasteiger partial charge in [-0.3, -0.25) is 10.1 Å². The van der Waals surface area contributed by atoms with E-state index in [0.717, 1.165) is 36.3 Å². The Balaban J connectivity index is 1.64. The molecular formula is C16H21N3O3S. The minimum atomic E-state index is -0.486. The molecule has 3 rings (SSSR count). The van der Waals surface area contributed by atoms with E-state index in [2.05, 4.69) is 22.5 Å². The highest BCUT2D eigenvalue weighted by molar-refractivity contribution is 7.15. The number of carbonyl (C=O) groups is 2. The molecule has 1 aromatic rings. The fraction of sp³-hybridized carbons (Fsp3) is 0.562. The van der Waals surface area contributed by atoms with Gasteiger partial charge in [0.1, 0.15) is 0 Å². The Morgan fingerprint density at radius 1 is 1.48 bits per heavy atom. The molecule has 0 saturated carbocycles. The number of allylic oxidation sites excluding steroid dienone is 2. The predicted molar refractivity (Wildman–Crippen MR) is 88.4 cm³/mol. The van der Waals surface area contributed by atoms with Gasteiger partial charge in [0, 0.05) is 23.8 Å². The van der Waals surface area contributed by atoms with Crippen molar-refractivity contribution in [3.63, 3.8) is 0 Å². The summed E-state index contributed by atoms with van der Waals surface area (Å²) >= 11 is 1.43. The number of nitrogens with zero attached hydrogens (tertiary/aromatic N) is 2. The molecule has 7 heteroatoms. The van der Waals surface area contributed by atoms with E-state index in [1.165, 1.54) is 11.3 Å². The molecule has 1 aromatic heterocycles. The predicted octanol–water partition coefficient (Wildman–Crippen LogP) is 2.95. The molecule has 23 heavy (non-hydrogen) atoms. The summed E-state index contributed by atoms with van der Waals surface area (Å²) in [6.07, 6.45) is 7.29. The molecule has 1 atom stereocenters. The molecule has 124 valence electrons. The quantitative estimate of drug-likeness (QED) is 0.862. The van der Waals surface area contributed by atoms with Crippen LogP contribution in [-0.4, -0.2) is 35.0 Å². The van der Waals surface area contributed by atoms with E-state index in [1.54, 1.807) is 6.92 Å². The number of ether oxygens (including phenoxy) is 1. The SMILES string of the molecule is CCOC(=O)Nc1nc2c(s1)CN(C(=O)C1CC=CCC1)CC2. The number of carbonyl (C=O) groups excluding carboxylic acids is 2. The molecule has 2 amide bonds. The van der Waals surface area contributed by atoms with E-state index in [1.807, 2.05) is 4.90 Å². The number of anilines is 1. The van der Waals surface area contributed by atoms with Gasteiger partial charge in [-0.25, -0.2) is 9.78 Å². The average Bonchev–Trinajstić information content (AvgIpc) is 2.96. The molecule has 2 aliphatic rings. The highest BCUT2D eigenvalue weighted by atomic mass is 32.1. The van der Waals surface area contributed by atoms with Crippen LogP contribution < -0.4 is 5.32 Å². The second-order valence-corrected chi connectivity index (χ2v) is 6.81. The van der Waals surface area contributed by atoms with Crippen molar-refractivity contribution in [3.05, 3.63) is 22.7 Å². The van der Waals surface area contributed by atoms with Crippen LogP contribution in [0.5, 0.6) is 0 Å². The highest BCUT2D eigenvalue weighted by Crippen LogP contribution is 2.30. The maximum absolute atomic E-state index is 12.6. The lowest BCUT2D eigenvalue weighted by molar-refractivity contribution is -0.136. The topological polar surface area (TPSA) is 71.5 Å². The van der Waals surface area contributed by atoms with Crippen LogP contribution in [-0.2, 0) is 22.5 Å². The van der Waals surface area contributed by atoms with Gasteiger partial charge in [0.25, 0.3) is 0 Å². The normalized spacial score (nSPS) is 20.0. The number of fused-ring (bicyclic) bond motifs is 1. The van der Waals surface area contributed by atoms with E-state index in [0.29, 0.717) is 24.8 Å². The molecule has 2 heterocycles. The number of thiazole rings is 1. The number of nitrogens with one attached hydrogen (secondary N) is 1. The second-order valence-electron chi connectivity index (χ2n) is 5.73. The summed E-state index contributed by atoms with van der Waals surface area (Å²) in [7, 11) is 0. The minimum Gasteiger partial charge on any atom is -0.450 e. The molecule has 6 nitrogen and oxygen atoms in total. The highest BCUT2D eigenvalue weighted by Gasteiger charge is 2.29. The summed E-state index contributed by atoms with van der Waals surface area (Å²) in [5, 5.41) is 3.19. The average molecular weight is 335 g/mol. The lowest BCUT2D eigenvalue weighted by atomic mass is 9.92. The molecule has 0 radical (unpaired) electrons. The Morgan fingerprint density at radius 2 is 2.35 bits per heavy atom. The third kappa shape index (κ3) is 3.72. The fourth-order valence-electron chi connectivity index (χ4n) is 2.97. The van der Waals surface area contributed by atoms with Crippen LogP contribution in [0.3, 0.4) is 0 Å². The van der Waals surface area contributed by atoms with Gasteiger partial charge in [-0.1, -0.05) is 23.5 Å². The first-order valence-corrected chi connectivity index (χ1v) is 8.85. The van der Waals surface area contributed by atoms with Crippen LogP contribution in [0.4, 0.5) is 9.93 Å². The Kier molecular flexibility index (Phi) is 4.95. The third-order valence-corrected chi connectivity index (χ3v) is 5.14. The Morgan fingerprint density at radius 3 is 3.09 bits per heavy atom. The first-order chi connectivity index (χ1) is 11.2. The van der Waals surface area contributed by atoms with E-state index in [9.17, 15) is 9.59 Å². The summed E-state index contributed by atoms with van der Waals surface area (Å²) in [6, 6.07) is 0. The molecule has 0 spiro atoms. The van der Waals surface area contributed by atoms with Crippen molar-refractivity contribution < 1.29 is 14.3 Å². The van der Waals surface area contributed by atoms with Crippen molar-refractivity contribution in [2.24, 2.45) is 5.92 Å². The van der Waals surface area contributed by atoms with Crippen LogP contribution in [0.15, 0.2) is 12.2 Å². The molecule has 0 fully saturated rings. The van der Waals surface area contributed by atoms with E-state index >= 15 is 0 Å². The zero-order valence-corrected chi connectivity index (χ0v) is 14.0. The van der Waals surface area contributed by atoms with Crippen molar-refractivity contribution in [1.29, 1.82) is 0 Å². The minimum absolute atomic E-state index is 0.117. The molecule has 0 aromatic carbocycles. The van der Waals surface area contributed by atoms with Gasteiger partial charge in [0.05, 0.1) is 18.8 Å². The fourth-order valence-corrected chi connectivity index (χ4v) is 3.98. The summed E-state index contributed by atoms with van der Waals surface area (Å²) in [5.41, 5.74) is 0.981. The van der Waals surface area contributed by atoms with E-state index in [4.69, 9.17) is 4.74 Å². The number of hydrogen-bond donors (Lipinski definition) is 1. The zero-order valence-electron chi connectivity index (χ0n) is 13.2. The Hall–Kier alpha value is -1.89. The number of rotatable bonds is 3. The summed E-state index contributed by atoms with van der Waals surface area (Å²) in [5.74, 6) is 0.361. The van der Waals surface area contributed by atoms with E-state index in [-0.39, 0.29) is 11.8 Å². The van der Waals surface area contributed by atoms with Gasteiger partial charge >= 0.3 is 6.09 Å². The van der Waals surface area contributed by atoms with Gasteiger partial charge in [0.2, 0.25) is 5.91 Å². The standard InChI is InChI=1S/C16H21N3O3S/c1-2-22-16(21)18-15-17-12-8-9-19(10-13(12)23-15)14(20)11-6-4-3-5-7-11/h3-4,11H,2,5-10H2,1H3,(H,17,18,21). The first kappa shape index (κ1) is 16.0. The molecule has 0 bridgehead atoms. The number of aromatic nitrogens is 1. The van der Waals surface area contributed by atoms with Crippen LogP contribution in [0.2, 0.25) is 0 Å². The summed E-state index contributed by atoms with van der Waals surface area (Å²) in [4.78, 5) is 31.5. The molecule has 0 saturated heterocycles. The largest absolute Gasteiger partial charge is 0.450 e. The second kappa shape index (κ2) is 7.12. The van der Waals surface area contributed by atoms with E-state index < -0.39 is 6.09 Å². The maximum atomic E-state index is 12.6. The van der Waals surface area contributed by atoms with Crippen molar-refractivity contribution >= 4 is 28.5 Å². The summed E-state index contributed by atoms with van der Waals surface area (Å²) in [6.45, 7) is 3.39. The third-order valence-electron chi connectivity index (χ3n) is 4.15. The molecule has 1 aliphatic carbocycles. The van der Waals surface area contributed by atoms with Crippen molar-refractivity contribution in [2.45, 2.75) is 39.2 Å². The van der Waals surface area contributed by atoms with Gasteiger partial charge < -0.3 is 9.64 Å². The van der Waals surface area contributed by atoms with Crippen LogP contribution in [0.25, 0.3) is 0 Å². The number of hydrogen-bond acceptors (Lipinski definition) is 5. The van der Waals surface area contributed by atoms with Crippen LogP contribution in [0.1, 0.15) is 36.8 Å². The maximum Gasteiger partial charge on any atom is 0.413 e. The monoisotopic (exact) mass is 335 g/mol. The molecule has 1 N–H and O–H groups in total.